The zero-order valence-electron chi connectivity index (χ0n) is 16.2. The van der Waals surface area contributed by atoms with E-state index in [-0.39, 0.29) is 0 Å². The van der Waals surface area contributed by atoms with Gasteiger partial charge in [0.15, 0.2) is 11.2 Å². The maximum atomic E-state index is 5.82. The van der Waals surface area contributed by atoms with Crippen molar-refractivity contribution in [2.24, 2.45) is 0 Å². The molecular formula is C22H24N2O4. The molecule has 2 heterocycles. The van der Waals surface area contributed by atoms with E-state index in [9.17, 15) is 0 Å². The molecule has 0 spiro atoms. The number of aromatic nitrogens is 2. The van der Waals surface area contributed by atoms with Crippen LogP contribution < -0.4 is 9.47 Å². The predicted molar refractivity (Wildman–Crippen MR) is 107 cm³/mol. The van der Waals surface area contributed by atoms with Gasteiger partial charge in [-0.1, -0.05) is 24.2 Å². The number of nitrogens with zero attached hydrogens (tertiary/aromatic N) is 2. The standard InChI is InChI=1S/C22H24N2O4/c1-3-19-17-9-7-15(13-21(17)27-23-19)25-11-5-6-12-26-16-8-10-18-20(4-2)24-28-22(18)14-16/h7-10,13-14H,3-6,11-12H2,1-2H3. The van der Waals surface area contributed by atoms with Crippen molar-refractivity contribution in [2.75, 3.05) is 13.2 Å². The van der Waals surface area contributed by atoms with E-state index in [2.05, 4.69) is 24.2 Å². The number of fused-ring (bicyclic) bond motifs is 2. The van der Waals surface area contributed by atoms with Crippen molar-refractivity contribution in [2.45, 2.75) is 39.5 Å². The summed E-state index contributed by atoms with van der Waals surface area (Å²) in [5, 5.41) is 10.3. The van der Waals surface area contributed by atoms with E-state index in [1.54, 1.807) is 0 Å². The second-order valence-corrected chi connectivity index (χ2v) is 6.69. The molecule has 6 nitrogen and oxygen atoms in total. The molecule has 0 amide bonds. The van der Waals surface area contributed by atoms with Crippen LogP contribution in [-0.2, 0) is 12.8 Å². The Hall–Kier alpha value is -3.02. The van der Waals surface area contributed by atoms with Crippen molar-refractivity contribution in [3.63, 3.8) is 0 Å². The van der Waals surface area contributed by atoms with E-state index >= 15 is 0 Å². The molecule has 0 N–H and O–H groups in total. The molecule has 0 atom stereocenters. The Balaban J connectivity index is 1.22. The minimum absolute atomic E-state index is 0.630. The topological polar surface area (TPSA) is 70.5 Å². The molecule has 4 aromatic rings. The molecule has 2 aromatic carbocycles. The molecule has 28 heavy (non-hydrogen) atoms. The summed E-state index contributed by atoms with van der Waals surface area (Å²) in [5.74, 6) is 1.60. The van der Waals surface area contributed by atoms with Crippen LogP contribution >= 0.6 is 0 Å². The minimum Gasteiger partial charge on any atom is -0.493 e. The fraction of sp³-hybridized carbons (Fsp3) is 0.364. The van der Waals surface area contributed by atoms with Gasteiger partial charge in [0.2, 0.25) is 0 Å². The second-order valence-electron chi connectivity index (χ2n) is 6.69. The fourth-order valence-corrected chi connectivity index (χ4v) is 3.21. The molecule has 0 unspecified atom stereocenters. The van der Waals surface area contributed by atoms with Gasteiger partial charge in [0.1, 0.15) is 11.5 Å². The number of unbranched alkanes of at least 4 members (excludes halogenated alkanes) is 1. The predicted octanol–water partition coefficient (Wildman–Crippen LogP) is 5.33. The van der Waals surface area contributed by atoms with Gasteiger partial charge in [-0.25, -0.2) is 0 Å². The average molecular weight is 380 g/mol. The summed E-state index contributed by atoms with van der Waals surface area (Å²) < 4.78 is 22.3. The van der Waals surface area contributed by atoms with E-state index in [1.807, 2.05) is 36.4 Å². The van der Waals surface area contributed by atoms with Crippen molar-refractivity contribution in [3.8, 4) is 11.5 Å². The Morgan fingerprint density at radius 3 is 1.61 bits per heavy atom. The Bertz CT molecular complexity index is 981. The Labute approximate surface area is 163 Å². The Morgan fingerprint density at radius 1 is 0.714 bits per heavy atom. The lowest BCUT2D eigenvalue weighted by Gasteiger charge is -2.07. The second kappa shape index (κ2) is 8.33. The number of aryl methyl sites for hydroxylation is 2. The van der Waals surface area contributed by atoms with Crippen LogP contribution in [0.5, 0.6) is 11.5 Å². The molecule has 0 saturated carbocycles. The summed E-state index contributed by atoms with van der Waals surface area (Å²) in [7, 11) is 0. The quantitative estimate of drug-likeness (QED) is 0.365. The number of benzene rings is 2. The third kappa shape index (κ3) is 3.81. The van der Waals surface area contributed by atoms with Crippen LogP contribution in [0.25, 0.3) is 21.9 Å². The van der Waals surface area contributed by atoms with Gasteiger partial charge in [0, 0.05) is 22.9 Å². The number of hydrogen-bond donors (Lipinski definition) is 0. The first-order valence-corrected chi connectivity index (χ1v) is 9.80. The zero-order chi connectivity index (χ0) is 19.3. The minimum atomic E-state index is 0.630. The molecule has 0 bridgehead atoms. The first-order chi connectivity index (χ1) is 13.8. The molecule has 0 aliphatic heterocycles. The van der Waals surface area contributed by atoms with Gasteiger partial charge in [-0.2, -0.15) is 0 Å². The number of hydrogen-bond acceptors (Lipinski definition) is 6. The van der Waals surface area contributed by atoms with E-state index in [4.69, 9.17) is 18.5 Å². The Morgan fingerprint density at radius 2 is 1.18 bits per heavy atom. The third-order valence-electron chi connectivity index (χ3n) is 4.78. The van der Waals surface area contributed by atoms with E-state index in [1.165, 1.54) is 0 Å². The lowest BCUT2D eigenvalue weighted by atomic mass is 10.2. The largest absolute Gasteiger partial charge is 0.493 e. The lowest BCUT2D eigenvalue weighted by Crippen LogP contribution is -2.02. The SMILES string of the molecule is CCc1noc2cc(OCCCCOc3ccc4c(CC)noc4c3)ccc12. The monoisotopic (exact) mass is 380 g/mol. The van der Waals surface area contributed by atoms with Crippen LogP contribution in [0.1, 0.15) is 38.1 Å². The molecule has 0 radical (unpaired) electrons. The van der Waals surface area contributed by atoms with Gasteiger partial charge in [-0.15, -0.1) is 0 Å². The normalized spacial score (nSPS) is 11.4. The highest BCUT2D eigenvalue weighted by atomic mass is 16.5. The molecular weight excluding hydrogens is 356 g/mol. The fourth-order valence-electron chi connectivity index (χ4n) is 3.21. The maximum Gasteiger partial charge on any atom is 0.170 e. The molecule has 146 valence electrons. The highest BCUT2D eigenvalue weighted by Crippen LogP contribution is 2.25. The summed E-state index contributed by atoms with van der Waals surface area (Å²) in [6.07, 6.45) is 3.52. The number of rotatable bonds is 9. The highest BCUT2D eigenvalue weighted by Gasteiger charge is 2.08. The first kappa shape index (κ1) is 18.3. The van der Waals surface area contributed by atoms with E-state index in [0.717, 1.165) is 70.5 Å². The van der Waals surface area contributed by atoms with Crippen molar-refractivity contribution in [1.82, 2.24) is 10.3 Å². The van der Waals surface area contributed by atoms with Crippen LogP contribution in [0.2, 0.25) is 0 Å². The van der Waals surface area contributed by atoms with Crippen LogP contribution in [0.3, 0.4) is 0 Å². The molecule has 2 aromatic heterocycles. The van der Waals surface area contributed by atoms with Crippen LogP contribution in [0, 0.1) is 0 Å². The number of ether oxygens (including phenoxy) is 2. The van der Waals surface area contributed by atoms with E-state index < -0.39 is 0 Å². The van der Waals surface area contributed by atoms with Crippen molar-refractivity contribution in [1.29, 1.82) is 0 Å². The molecule has 0 fully saturated rings. The summed E-state index contributed by atoms with van der Waals surface area (Å²) >= 11 is 0. The summed E-state index contributed by atoms with van der Waals surface area (Å²) in [4.78, 5) is 0. The lowest BCUT2D eigenvalue weighted by molar-refractivity contribution is 0.266. The smallest absolute Gasteiger partial charge is 0.170 e. The third-order valence-corrected chi connectivity index (χ3v) is 4.78. The van der Waals surface area contributed by atoms with Gasteiger partial charge in [0.25, 0.3) is 0 Å². The summed E-state index contributed by atoms with van der Waals surface area (Å²) in [6.45, 7) is 5.39. The van der Waals surface area contributed by atoms with Crippen LogP contribution in [0.15, 0.2) is 45.4 Å². The van der Waals surface area contributed by atoms with Gasteiger partial charge in [-0.05, 0) is 49.9 Å². The van der Waals surface area contributed by atoms with Gasteiger partial charge in [-0.3, -0.25) is 0 Å². The first-order valence-electron chi connectivity index (χ1n) is 9.80. The van der Waals surface area contributed by atoms with Gasteiger partial charge < -0.3 is 18.5 Å². The molecule has 4 rings (SSSR count). The van der Waals surface area contributed by atoms with E-state index in [0.29, 0.717) is 13.2 Å². The summed E-state index contributed by atoms with van der Waals surface area (Å²) in [6, 6.07) is 11.7. The molecule has 0 aliphatic carbocycles. The zero-order valence-corrected chi connectivity index (χ0v) is 16.2. The maximum absolute atomic E-state index is 5.82. The van der Waals surface area contributed by atoms with Gasteiger partial charge >= 0.3 is 0 Å². The van der Waals surface area contributed by atoms with Crippen LogP contribution in [-0.4, -0.2) is 23.5 Å². The van der Waals surface area contributed by atoms with Crippen molar-refractivity contribution in [3.05, 3.63) is 47.8 Å². The molecule has 0 saturated heterocycles. The highest BCUT2D eigenvalue weighted by molar-refractivity contribution is 5.81. The summed E-state index contributed by atoms with van der Waals surface area (Å²) in [5.41, 5.74) is 3.50. The van der Waals surface area contributed by atoms with Crippen molar-refractivity contribution >= 4 is 21.9 Å². The van der Waals surface area contributed by atoms with Crippen LogP contribution in [0.4, 0.5) is 0 Å². The van der Waals surface area contributed by atoms with Crippen molar-refractivity contribution < 1.29 is 18.5 Å². The molecule has 6 heteroatoms. The van der Waals surface area contributed by atoms with Gasteiger partial charge in [0.05, 0.1) is 24.6 Å². The Kier molecular flexibility index (Phi) is 5.46. The molecule has 0 aliphatic rings. The average Bonchev–Trinajstić information content (AvgIpc) is 3.33.